The third kappa shape index (κ3) is 5.50. The largest absolute Gasteiger partial charge is 0.299 e. The van der Waals surface area contributed by atoms with Gasteiger partial charge in [-0.25, -0.2) is 8.42 Å². The smallest absolute Gasteiger partial charge is 0.150 e. The van der Waals surface area contributed by atoms with E-state index in [9.17, 15) is 8.42 Å². The van der Waals surface area contributed by atoms with E-state index in [1.165, 1.54) is 6.26 Å². The molecule has 110 valence electrons. The molecule has 4 nitrogen and oxygen atoms in total. The summed E-state index contributed by atoms with van der Waals surface area (Å²) in [5, 5.41) is 8.56. The van der Waals surface area contributed by atoms with Crippen LogP contribution in [0.15, 0.2) is 0 Å². The van der Waals surface area contributed by atoms with E-state index in [0.717, 1.165) is 38.8 Å². The van der Waals surface area contributed by atoms with Crippen LogP contribution in [0.4, 0.5) is 0 Å². The minimum absolute atomic E-state index is 0.192. The molecule has 0 bridgehead atoms. The Bertz CT molecular complexity index is 412. The van der Waals surface area contributed by atoms with Crippen molar-refractivity contribution >= 4 is 9.84 Å². The number of nitrogens with zero attached hydrogens (tertiary/aromatic N) is 2. The standard InChI is InChI=1S/C14H26N2O2S/c1-12(2)11-16(9-5-8-15)13-6-4-7-14(10-13)19(3,17)18/h12-14H,4-7,9-11H2,1-3H3. The Labute approximate surface area is 117 Å². The maximum atomic E-state index is 11.7. The quantitative estimate of drug-likeness (QED) is 0.751. The molecule has 0 aromatic carbocycles. The van der Waals surface area contributed by atoms with Gasteiger partial charge < -0.3 is 0 Å². The lowest BCUT2D eigenvalue weighted by atomic mass is 9.93. The number of rotatable bonds is 6. The van der Waals surface area contributed by atoms with Crippen molar-refractivity contribution in [3.8, 4) is 6.07 Å². The van der Waals surface area contributed by atoms with Crippen LogP contribution in [0.2, 0.25) is 0 Å². The summed E-state index contributed by atoms with van der Waals surface area (Å²) >= 11 is 0. The molecule has 0 heterocycles. The van der Waals surface area contributed by atoms with Crippen LogP contribution >= 0.6 is 0 Å². The lowest BCUT2D eigenvalue weighted by Gasteiger charge is -2.37. The van der Waals surface area contributed by atoms with Crippen LogP contribution in [0.5, 0.6) is 0 Å². The molecular weight excluding hydrogens is 260 g/mol. The average Bonchev–Trinajstić information content (AvgIpc) is 2.33. The van der Waals surface area contributed by atoms with Crippen molar-refractivity contribution < 1.29 is 8.42 Å². The third-order valence-electron chi connectivity index (χ3n) is 3.83. The number of hydrogen-bond donors (Lipinski definition) is 0. The molecule has 0 amide bonds. The van der Waals surface area contributed by atoms with Crippen molar-refractivity contribution in [2.24, 2.45) is 5.92 Å². The molecule has 5 heteroatoms. The van der Waals surface area contributed by atoms with Gasteiger partial charge in [-0.15, -0.1) is 0 Å². The van der Waals surface area contributed by atoms with E-state index in [-0.39, 0.29) is 5.25 Å². The molecule has 1 aliphatic rings. The predicted octanol–water partition coefficient (Wildman–Crippen LogP) is 2.21. The molecule has 0 spiro atoms. The highest BCUT2D eigenvalue weighted by molar-refractivity contribution is 7.91. The minimum Gasteiger partial charge on any atom is -0.299 e. The zero-order valence-electron chi connectivity index (χ0n) is 12.3. The summed E-state index contributed by atoms with van der Waals surface area (Å²) in [7, 11) is -2.93. The van der Waals surface area contributed by atoms with Gasteiger partial charge in [0.15, 0.2) is 0 Å². The summed E-state index contributed by atoms with van der Waals surface area (Å²) < 4.78 is 23.4. The van der Waals surface area contributed by atoms with E-state index in [4.69, 9.17) is 5.26 Å². The van der Waals surface area contributed by atoms with E-state index >= 15 is 0 Å². The van der Waals surface area contributed by atoms with Crippen molar-refractivity contribution in [1.29, 1.82) is 5.26 Å². The van der Waals surface area contributed by atoms with Crippen LogP contribution in [0.25, 0.3) is 0 Å². The molecule has 0 aliphatic heterocycles. The Morgan fingerprint density at radius 2 is 2.05 bits per heavy atom. The van der Waals surface area contributed by atoms with Gasteiger partial charge in [-0.2, -0.15) is 5.26 Å². The fraction of sp³-hybridized carbons (Fsp3) is 0.929. The Morgan fingerprint density at radius 1 is 1.37 bits per heavy atom. The summed E-state index contributed by atoms with van der Waals surface area (Å²) in [6.45, 7) is 6.03. The zero-order valence-corrected chi connectivity index (χ0v) is 13.1. The Kier molecular flexibility index (Phi) is 6.28. The Hall–Kier alpha value is -0.600. The summed E-state index contributed by atoms with van der Waals surface area (Å²) in [4.78, 5) is 2.32. The zero-order chi connectivity index (χ0) is 14.5. The van der Waals surface area contributed by atoms with E-state index in [2.05, 4.69) is 24.8 Å². The normalized spacial score (nSPS) is 24.6. The summed E-state index contributed by atoms with van der Waals surface area (Å²) in [6.07, 6.45) is 5.43. The van der Waals surface area contributed by atoms with Gasteiger partial charge in [-0.3, -0.25) is 4.90 Å². The molecular formula is C14H26N2O2S. The Balaban J connectivity index is 2.70. The van der Waals surface area contributed by atoms with Gasteiger partial charge in [0, 0.05) is 31.8 Å². The van der Waals surface area contributed by atoms with Crippen molar-refractivity contribution in [1.82, 2.24) is 4.90 Å². The van der Waals surface area contributed by atoms with E-state index in [1.807, 2.05) is 0 Å². The molecule has 1 rings (SSSR count). The summed E-state index contributed by atoms with van der Waals surface area (Å²) in [5.74, 6) is 0.539. The van der Waals surface area contributed by atoms with Crippen molar-refractivity contribution in [3.05, 3.63) is 0 Å². The molecule has 0 radical (unpaired) electrons. The molecule has 0 saturated heterocycles. The highest BCUT2D eigenvalue weighted by atomic mass is 32.2. The molecule has 1 aliphatic carbocycles. The fourth-order valence-corrected chi connectivity index (χ4v) is 4.09. The second kappa shape index (κ2) is 7.25. The van der Waals surface area contributed by atoms with Crippen LogP contribution in [0.1, 0.15) is 46.0 Å². The van der Waals surface area contributed by atoms with Crippen molar-refractivity contribution in [2.45, 2.75) is 57.2 Å². The molecule has 1 fully saturated rings. The van der Waals surface area contributed by atoms with Gasteiger partial charge >= 0.3 is 0 Å². The fourth-order valence-electron chi connectivity index (χ4n) is 2.93. The molecule has 2 atom stereocenters. The first kappa shape index (κ1) is 16.5. The molecule has 1 saturated carbocycles. The topological polar surface area (TPSA) is 61.2 Å². The highest BCUT2D eigenvalue weighted by Crippen LogP contribution is 2.28. The van der Waals surface area contributed by atoms with Gasteiger partial charge in [-0.05, 0) is 25.2 Å². The lowest BCUT2D eigenvalue weighted by molar-refractivity contribution is 0.144. The second-order valence-corrected chi connectivity index (χ2v) is 8.39. The van der Waals surface area contributed by atoms with Gasteiger partial charge in [-0.1, -0.05) is 20.3 Å². The van der Waals surface area contributed by atoms with Crippen molar-refractivity contribution in [3.63, 3.8) is 0 Å². The van der Waals surface area contributed by atoms with Crippen LogP contribution in [-0.4, -0.2) is 44.0 Å². The van der Waals surface area contributed by atoms with E-state index < -0.39 is 9.84 Å². The average molecular weight is 286 g/mol. The third-order valence-corrected chi connectivity index (χ3v) is 5.47. The molecule has 19 heavy (non-hydrogen) atoms. The van der Waals surface area contributed by atoms with Gasteiger partial charge in [0.05, 0.1) is 11.3 Å². The van der Waals surface area contributed by atoms with Gasteiger partial charge in [0.1, 0.15) is 9.84 Å². The summed E-state index contributed by atoms with van der Waals surface area (Å²) in [5.41, 5.74) is 0. The minimum atomic E-state index is -2.93. The first-order valence-electron chi connectivity index (χ1n) is 7.14. The maximum Gasteiger partial charge on any atom is 0.150 e. The number of hydrogen-bond acceptors (Lipinski definition) is 4. The van der Waals surface area contributed by atoms with Crippen LogP contribution in [0.3, 0.4) is 0 Å². The van der Waals surface area contributed by atoms with Crippen molar-refractivity contribution in [2.75, 3.05) is 19.3 Å². The molecule has 0 N–H and O–H groups in total. The second-order valence-electron chi connectivity index (χ2n) is 6.07. The highest BCUT2D eigenvalue weighted by Gasteiger charge is 2.31. The predicted molar refractivity (Wildman–Crippen MR) is 77.5 cm³/mol. The van der Waals surface area contributed by atoms with Gasteiger partial charge in [0.2, 0.25) is 0 Å². The monoisotopic (exact) mass is 286 g/mol. The van der Waals surface area contributed by atoms with Crippen LogP contribution in [0, 0.1) is 17.2 Å². The van der Waals surface area contributed by atoms with Gasteiger partial charge in [0.25, 0.3) is 0 Å². The van der Waals surface area contributed by atoms with Crippen LogP contribution in [-0.2, 0) is 9.84 Å². The molecule has 0 aromatic rings. The number of sulfone groups is 1. The Morgan fingerprint density at radius 3 is 2.58 bits per heavy atom. The lowest BCUT2D eigenvalue weighted by Crippen LogP contribution is -2.44. The van der Waals surface area contributed by atoms with E-state index in [1.54, 1.807) is 0 Å². The first-order chi connectivity index (χ1) is 8.84. The maximum absolute atomic E-state index is 11.7. The molecule has 0 aromatic heterocycles. The first-order valence-corrected chi connectivity index (χ1v) is 9.10. The summed E-state index contributed by atoms with van der Waals surface area (Å²) in [6, 6.07) is 2.52. The van der Waals surface area contributed by atoms with Crippen LogP contribution < -0.4 is 0 Å². The SMILES string of the molecule is CC(C)CN(CCC#N)C1CCCC(S(C)(=O)=O)C1. The number of nitriles is 1. The molecule has 2 unspecified atom stereocenters. The van der Waals surface area contributed by atoms with E-state index in [0.29, 0.717) is 18.4 Å².